The third-order valence-electron chi connectivity index (χ3n) is 4.25. The van der Waals surface area contributed by atoms with Gasteiger partial charge >= 0.3 is 0 Å². The van der Waals surface area contributed by atoms with Crippen LogP contribution in [0.2, 0.25) is 0 Å². The minimum atomic E-state index is -3.43. The summed E-state index contributed by atoms with van der Waals surface area (Å²) in [5.74, 6) is 0. The third kappa shape index (κ3) is 3.52. The van der Waals surface area contributed by atoms with Crippen molar-refractivity contribution in [1.29, 1.82) is 0 Å². The van der Waals surface area contributed by atoms with Gasteiger partial charge in [0.25, 0.3) is 0 Å². The molecule has 0 atom stereocenters. The second-order valence-electron chi connectivity index (χ2n) is 6.09. The van der Waals surface area contributed by atoms with E-state index in [2.05, 4.69) is 28.8 Å². The molecule has 0 spiro atoms. The van der Waals surface area contributed by atoms with E-state index >= 15 is 0 Å². The van der Waals surface area contributed by atoms with E-state index in [1.165, 1.54) is 10.9 Å². The lowest BCUT2D eigenvalue weighted by atomic mass is 10.1. The summed E-state index contributed by atoms with van der Waals surface area (Å²) >= 11 is 0. The minimum absolute atomic E-state index is 0.316. The summed E-state index contributed by atoms with van der Waals surface area (Å²) in [6.07, 6.45) is 1.60. The van der Waals surface area contributed by atoms with E-state index in [1.54, 1.807) is 12.1 Å². The Labute approximate surface area is 143 Å². The van der Waals surface area contributed by atoms with Crippen molar-refractivity contribution in [3.63, 3.8) is 0 Å². The number of sulfonamides is 1. The van der Waals surface area contributed by atoms with Crippen LogP contribution in [0.5, 0.6) is 0 Å². The fraction of sp³-hybridized carbons (Fsp3) is 0.263. The first kappa shape index (κ1) is 16.7. The zero-order chi connectivity index (χ0) is 17.2. The first-order chi connectivity index (χ1) is 11.5. The van der Waals surface area contributed by atoms with Gasteiger partial charge in [0.1, 0.15) is 0 Å². The number of aromatic amines is 1. The van der Waals surface area contributed by atoms with Crippen LogP contribution < -0.4 is 4.72 Å². The molecular formula is C19H22N2O2S. The Morgan fingerprint density at radius 2 is 1.71 bits per heavy atom. The van der Waals surface area contributed by atoms with Gasteiger partial charge in [0.15, 0.2) is 0 Å². The Morgan fingerprint density at radius 1 is 1.00 bits per heavy atom. The number of fused-ring (bicyclic) bond motifs is 1. The third-order valence-corrected chi connectivity index (χ3v) is 5.73. The molecule has 0 unspecified atom stereocenters. The van der Waals surface area contributed by atoms with Gasteiger partial charge in [-0.3, -0.25) is 0 Å². The molecule has 0 bridgehead atoms. The van der Waals surface area contributed by atoms with Crippen LogP contribution >= 0.6 is 0 Å². The van der Waals surface area contributed by atoms with E-state index in [-0.39, 0.29) is 0 Å². The summed E-state index contributed by atoms with van der Waals surface area (Å²) in [4.78, 5) is 3.69. The maximum Gasteiger partial charge on any atom is 0.240 e. The van der Waals surface area contributed by atoms with Gasteiger partial charge in [0.2, 0.25) is 10.0 Å². The average molecular weight is 342 g/mol. The largest absolute Gasteiger partial charge is 0.358 e. The van der Waals surface area contributed by atoms with Crippen molar-refractivity contribution in [2.75, 3.05) is 6.54 Å². The Morgan fingerprint density at radius 3 is 2.46 bits per heavy atom. The number of benzene rings is 2. The number of aromatic nitrogens is 1. The molecule has 1 aromatic heterocycles. The maximum absolute atomic E-state index is 12.3. The fourth-order valence-corrected chi connectivity index (χ4v) is 4.00. The molecule has 0 saturated heterocycles. The highest BCUT2D eigenvalue weighted by atomic mass is 32.2. The van der Waals surface area contributed by atoms with Crippen molar-refractivity contribution in [3.8, 4) is 0 Å². The summed E-state index contributed by atoms with van der Waals surface area (Å²) in [7, 11) is -3.43. The summed E-state index contributed by atoms with van der Waals surface area (Å²) in [6, 6.07) is 15.1. The molecule has 0 aliphatic heterocycles. The Bertz CT molecular complexity index is 941. The standard InChI is InChI=1S/C19H22N2O2S/c1-14-9-11-16(12-10-14)24(22,23)20-13-5-7-17-15(2)21-19-8-4-3-6-18(17)19/h3-4,6,8-12,20-21H,5,7,13H2,1-2H3. The molecule has 0 saturated carbocycles. The lowest BCUT2D eigenvalue weighted by molar-refractivity contribution is 0.579. The lowest BCUT2D eigenvalue weighted by Crippen LogP contribution is -2.25. The highest BCUT2D eigenvalue weighted by molar-refractivity contribution is 7.89. The van der Waals surface area contributed by atoms with Gasteiger partial charge in [-0.05, 0) is 50.5 Å². The summed E-state index contributed by atoms with van der Waals surface area (Å²) in [5.41, 5.74) is 4.59. The van der Waals surface area contributed by atoms with E-state index < -0.39 is 10.0 Å². The van der Waals surface area contributed by atoms with Gasteiger partial charge in [-0.15, -0.1) is 0 Å². The molecule has 0 aliphatic rings. The molecule has 126 valence electrons. The molecule has 1 heterocycles. The van der Waals surface area contributed by atoms with Gasteiger partial charge in [-0.1, -0.05) is 35.9 Å². The number of para-hydroxylation sites is 1. The van der Waals surface area contributed by atoms with Crippen LogP contribution in [0.15, 0.2) is 53.4 Å². The highest BCUT2D eigenvalue weighted by Gasteiger charge is 2.13. The number of H-pyrrole nitrogens is 1. The second-order valence-corrected chi connectivity index (χ2v) is 7.86. The number of hydrogen-bond donors (Lipinski definition) is 2. The summed E-state index contributed by atoms with van der Waals surface area (Å²) < 4.78 is 27.2. The molecule has 0 aliphatic carbocycles. The number of aryl methyl sites for hydroxylation is 3. The molecule has 4 nitrogen and oxygen atoms in total. The van der Waals surface area contributed by atoms with Gasteiger partial charge in [-0.2, -0.15) is 0 Å². The van der Waals surface area contributed by atoms with Crippen LogP contribution in [0.25, 0.3) is 10.9 Å². The zero-order valence-electron chi connectivity index (χ0n) is 14.0. The van der Waals surface area contributed by atoms with Gasteiger partial charge in [0.05, 0.1) is 4.90 Å². The van der Waals surface area contributed by atoms with Gasteiger partial charge in [0, 0.05) is 23.1 Å². The quantitative estimate of drug-likeness (QED) is 0.671. The maximum atomic E-state index is 12.3. The minimum Gasteiger partial charge on any atom is -0.358 e. The van der Waals surface area contributed by atoms with E-state index in [0.717, 1.165) is 29.6 Å². The van der Waals surface area contributed by atoms with E-state index in [0.29, 0.717) is 11.4 Å². The van der Waals surface area contributed by atoms with Crippen LogP contribution in [0.4, 0.5) is 0 Å². The van der Waals surface area contributed by atoms with Crippen molar-refractivity contribution in [2.45, 2.75) is 31.6 Å². The van der Waals surface area contributed by atoms with E-state index in [1.807, 2.05) is 31.2 Å². The molecule has 0 radical (unpaired) electrons. The van der Waals surface area contributed by atoms with Crippen LogP contribution in [0, 0.1) is 13.8 Å². The Kier molecular flexibility index (Phi) is 4.73. The topological polar surface area (TPSA) is 62.0 Å². The molecule has 0 fully saturated rings. The van der Waals surface area contributed by atoms with Crippen LogP contribution in [0.1, 0.15) is 23.2 Å². The molecule has 3 aromatic rings. The monoisotopic (exact) mass is 342 g/mol. The smallest absolute Gasteiger partial charge is 0.240 e. The van der Waals surface area contributed by atoms with E-state index in [9.17, 15) is 8.42 Å². The van der Waals surface area contributed by atoms with Crippen LogP contribution in [0.3, 0.4) is 0 Å². The Hall–Kier alpha value is -2.11. The lowest BCUT2D eigenvalue weighted by Gasteiger charge is -2.07. The predicted molar refractivity (Wildman–Crippen MR) is 97.7 cm³/mol. The molecular weight excluding hydrogens is 320 g/mol. The van der Waals surface area contributed by atoms with Crippen molar-refractivity contribution in [2.24, 2.45) is 0 Å². The van der Waals surface area contributed by atoms with Gasteiger partial charge in [-0.25, -0.2) is 13.1 Å². The molecule has 24 heavy (non-hydrogen) atoms. The van der Waals surface area contributed by atoms with Gasteiger partial charge < -0.3 is 4.98 Å². The van der Waals surface area contributed by atoms with Crippen LogP contribution in [-0.4, -0.2) is 19.9 Å². The SMILES string of the molecule is Cc1ccc(S(=O)(=O)NCCCc2c(C)[nH]c3ccccc23)cc1. The number of hydrogen-bond acceptors (Lipinski definition) is 2. The normalized spacial score (nSPS) is 11.9. The van der Waals surface area contributed by atoms with Crippen LogP contribution in [-0.2, 0) is 16.4 Å². The molecule has 5 heteroatoms. The molecule has 0 amide bonds. The molecule has 2 aromatic carbocycles. The highest BCUT2D eigenvalue weighted by Crippen LogP contribution is 2.23. The predicted octanol–water partition coefficient (Wildman–Crippen LogP) is 3.70. The van der Waals surface area contributed by atoms with Crippen molar-refractivity contribution >= 4 is 20.9 Å². The summed E-state index contributed by atoms with van der Waals surface area (Å²) in [5, 5.41) is 1.22. The second kappa shape index (κ2) is 6.79. The van der Waals surface area contributed by atoms with Crippen molar-refractivity contribution < 1.29 is 8.42 Å². The van der Waals surface area contributed by atoms with E-state index in [4.69, 9.17) is 0 Å². The first-order valence-corrected chi connectivity index (χ1v) is 9.58. The fourth-order valence-electron chi connectivity index (χ4n) is 2.93. The Balaban J connectivity index is 1.62. The number of nitrogens with one attached hydrogen (secondary N) is 2. The average Bonchev–Trinajstić information content (AvgIpc) is 2.87. The zero-order valence-corrected chi connectivity index (χ0v) is 14.8. The molecule has 2 N–H and O–H groups in total. The summed E-state index contributed by atoms with van der Waals surface area (Å²) in [6.45, 7) is 4.42. The van der Waals surface area contributed by atoms with Crippen molar-refractivity contribution in [3.05, 3.63) is 65.4 Å². The first-order valence-electron chi connectivity index (χ1n) is 8.10. The van der Waals surface area contributed by atoms with Crippen molar-refractivity contribution in [1.82, 2.24) is 9.71 Å². The molecule has 3 rings (SSSR count). The number of rotatable bonds is 6.